The van der Waals surface area contributed by atoms with Gasteiger partial charge in [-0.1, -0.05) is 12.1 Å². The average Bonchev–Trinajstić information content (AvgIpc) is 2.62. The van der Waals surface area contributed by atoms with Gasteiger partial charge < -0.3 is 10.6 Å². The highest BCUT2D eigenvalue weighted by Gasteiger charge is 2.17. The second-order valence-electron chi connectivity index (χ2n) is 6.32. The van der Waals surface area contributed by atoms with Crippen LogP contribution in [0.5, 0.6) is 0 Å². The number of benzene rings is 2. The van der Waals surface area contributed by atoms with Gasteiger partial charge in [-0.3, -0.25) is 4.79 Å². The molecule has 1 aliphatic heterocycles. The summed E-state index contributed by atoms with van der Waals surface area (Å²) >= 11 is 0. The highest BCUT2D eigenvalue weighted by molar-refractivity contribution is 6.00. The maximum absolute atomic E-state index is 12.9. The van der Waals surface area contributed by atoms with Crippen LogP contribution in [0, 0.1) is 5.82 Å². The molecule has 0 bridgehead atoms. The van der Waals surface area contributed by atoms with E-state index in [-0.39, 0.29) is 17.6 Å². The summed E-state index contributed by atoms with van der Waals surface area (Å²) in [6.45, 7) is 3.58. The lowest BCUT2D eigenvalue weighted by atomic mass is 9.97. The molecule has 3 rings (SSSR count). The number of Topliss-reactive ketones (excluding diaryl/α,β-unsaturated/α-hetero) is 1. The Bertz CT molecular complexity index is 712. The van der Waals surface area contributed by atoms with Crippen molar-refractivity contribution in [3.8, 4) is 0 Å². The van der Waals surface area contributed by atoms with Crippen LogP contribution in [0.3, 0.4) is 0 Å². The summed E-state index contributed by atoms with van der Waals surface area (Å²) in [6, 6.07) is 12.2. The van der Waals surface area contributed by atoms with Crippen LogP contribution < -0.4 is 10.6 Å². The topological polar surface area (TPSA) is 41.1 Å². The molecule has 1 heterocycles. The number of fused-ring (bicyclic) bond motifs is 1. The Morgan fingerprint density at radius 2 is 2.04 bits per heavy atom. The number of ketones is 1. The van der Waals surface area contributed by atoms with Crippen LogP contribution in [0.4, 0.5) is 10.1 Å². The van der Waals surface area contributed by atoms with Crippen molar-refractivity contribution in [3.63, 3.8) is 0 Å². The molecular weight excluding hydrogens is 303 g/mol. The lowest BCUT2D eigenvalue weighted by Gasteiger charge is -2.19. The smallest absolute Gasteiger partial charge is 0.179 e. The second-order valence-corrected chi connectivity index (χ2v) is 6.32. The molecule has 3 nitrogen and oxygen atoms in total. The summed E-state index contributed by atoms with van der Waals surface area (Å²) in [5, 5.41) is 6.63. The molecule has 1 atom stereocenters. The maximum Gasteiger partial charge on any atom is 0.179 e. The standard InChI is InChI=1S/C20H23FN2O/c1-14(22-12-10-15-4-7-18(21)8-5-15)20(24)17-6-9-19-16(13-17)3-2-11-23-19/h4-9,13-14,22-23H,2-3,10-12H2,1H3. The van der Waals surface area contributed by atoms with E-state index in [9.17, 15) is 9.18 Å². The third kappa shape index (κ3) is 4.01. The first-order chi connectivity index (χ1) is 11.6. The molecule has 2 aromatic rings. The van der Waals surface area contributed by atoms with E-state index in [1.807, 2.05) is 25.1 Å². The molecule has 1 unspecified atom stereocenters. The Morgan fingerprint density at radius 3 is 2.83 bits per heavy atom. The molecule has 0 amide bonds. The monoisotopic (exact) mass is 326 g/mol. The van der Waals surface area contributed by atoms with Gasteiger partial charge >= 0.3 is 0 Å². The summed E-state index contributed by atoms with van der Waals surface area (Å²) in [4.78, 5) is 12.6. The minimum absolute atomic E-state index is 0.113. The molecule has 126 valence electrons. The van der Waals surface area contributed by atoms with Crippen LogP contribution in [0.15, 0.2) is 42.5 Å². The number of nitrogens with one attached hydrogen (secondary N) is 2. The van der Waals surface area contributed by atoms with Gasteiger partial charge in [-0.15, -0.1) is 0 Å². The summed E-state index contributed by atoms with van der Waals surface area (Å²) < 4.78 is 12.9. The second kappa shape index (κ2) is 7.58. The average molecular weight is 326 g/mol. The zero-order chi connectivity index (χ0) is 16.9. The number of halogens is 1. The van der Waals surface area contributed by atoms with Gasteiger partial charge in [-0.05, 0) is 74.2 Å². The van der Waals surface area contributed by atoms with Crippen molar-refractivity contribution in [2.24, 2.45) is 0 Å². The number of hydrogen-bond donors (Lipinski definition) is 2. The number of aryl methyl sites for hydroxylation is 1. The lowest BCUT2D eigenvalue weighted by molar-refractivity contribution is 0.0951. The molecule has 0 spiro atoms. The minimum atomic E-state index is -0.236. The van der Waals surface area contributed by atoms with Crippen molar-refractivity contribution in [1.29, 1.82) is 0 Å². The Labute approximate surface area is 142 Å². The SMILES string of the molecule is CC(NCCc1ccc(F)cc1)C(=O)c1ccc2c(c1)CCCN2. The fourth-order valence-corrected chi connectivity index (χ4v) is 3.05. The van der Waals surface area contributed by atoms with E-state index in [2.05, 4.69) is 10.6 Å². The van der Waals surface area contributed by atoms with E-state index in [1.54, 1.807) is 12.1 Å². The minimum Gasteiger partial charge on any atom is -0.385 e. The molecule has 0 fully saturated rings. The Kier molecular flexibility index (Phi) is 5.26. The van der Waals surface area contributed by atoms with Crippen LogP contribution in [-0.4, -0.2) is 24.9 Å². The molecule has 0 saturated carbocycles. The molecule has 24 heavy (non-hydrogen) atoms. The molecule has 4 heteroatoms. The third-order valence-electron chi connectivity index (χ3n) is 4.50. The van der Waals surface area contributed by atoms with E-state index >= 15 is 0 Å². The van der Waals surface area contributed by atoms with Crippen LogP contribution in [0.25, 0.3) is 0 Å². The normalized spacial score (nSPS) is 14.6. The Balaban J connectivity index is 1.55. The summed E-state index contributed by atoms with van der Waals surface area (Å²) in [7, 11) is 0. The van der Waals surface area contributed by atoms with Crippen LogP contribution >= 0.6 is 0 Å². The van der Waals surface area contributed by atoms with Gasteiger partial charge in [-0.2, -0.15) is 0 Å². The molecule has 0 radical (unpaired) electrons. The molecule has 0 aromatic heterocycles. The largest absolute Gasteiger partial charge is 0.385 e. The van der Waals surface area contributed by atoms with Crippen molar-refractivity contribution < 1.29 is 9.18 Å². The third-order valence-corrected chi connectivity index (χ3v) is 4.50. The molecular formula is C20H23FN2O. The molecule has 1 aliphatic rings. The highest BCUT2D eigenvalue weighted by Crippen LogP contribution is 2.23. The van der Waals surface area contributed by atoms with Crippen LogP contribution in [-0.2, 0) is 12.8 Å². The molecule has 2 aromatic carbocycles. The van der Waals surface area contributed by atoms with Crippen molar-refractivity contribution in [2.75, 3.05) is 18.4 Å². The first-order valence-electron chi connectivity index (χ1n) is 8.52. The van der Waals surface area contributed by atoms with E-state index in [0.717, 1.165) is 42.6 Å². The molecule has 0 aliphatic carbocycles. The van der Waals surface area contributed by atoms with Gasteiger partial charge in [0, 0.05) is 17.8 Å². The zero-order valence-electron chi connectivity index (χ0n) is 13.9. The van der Waals surface area contributed by atoms with Gasteiger partial charge in [0.05, 0.1) is 6.04 Å². The number of carbonyl (C=O) groups is 1. The van der Waals surface area contributed by atoms with Crippen molar-refractivity contribution in [1.82, 2.24) is 5.32 Å². The summed E-state index contributed by atoms with van der Waals surface area (Å²) in [5.41, 5.74) is 4.20. The fourth-order valence-electron chi connectivity index (χ4n) is 3.05. The first kappa shape index (κ1) is 16.7. The molecule has 2 N–H and O–H groups in total. The van der Waals surface area contributed by atoms with Gasteiger partial charge in [0.1, 0.15) is 5.82 Å². The fraction of sp³-hybridized carbons (Fsp3) is 0.350. The summed E-state index contributed by atoms with van der Waals surface area (Å²) in [5.74, 6) is -0.111. The highest BCUT2D eigenvalue weighted by atomic mass is 19.1. The van der Waals surface area contributed by atoms with E-state index < -0.39 is 0 Å². The first-order valence-corrected chi connectivity index (χ1v) is 8.52. The number of anilines is 1. The predicted molar refractivity (Wildman–Crippen MR) is 95.2 cm³/mol. The van der Waals surface area contributed by atoms with Gasteiger partial charge in [0.15, 0.2) is 5.78 Å². The Hall–Kier alpha value is -2.20. The number of carbonyl (C=O) groups excluding carboxylic acids is 1. The molecule has 0 saturated heterocycles. The number of rotatable bonds is 6. The van der Waals surface area contributed by atoms with E-state index in [4.69, 9.17) is 0 Å². The Morgan fingerprint density at radius 1 is 1.25 bits per heavy atom. The van der Waals surface area contributed by atoms with Gasteiger partial charge in [0.2, 0.25) is 0 Å². The van der Waals surface area contributed by atoms with Crippen molar-refractivity contribution in [2.45, 2.75) is 32.2 Å². The summed E-state index contributed by atoms with van der Waals surface area (Å²) in [6.07, 6.45) is 2.90. The lowest BCUT2D eigenvalue weighted by Crippen LogP contribution is -2.35. The van der Waals surface area contributed by atoms with E-state index in [0.29, 0.717) is 6.54 Å². The van der Waals surface area contributed by atoms with Gasteiger partial charge in [-0.25, -0.2) is 4.39 Å². The quantitative estimate of drug-likeness (QED) is 0.797. The van der Waals surface area contributed by atoms with Crippen molar-refractivity contribution >= 4 is 11.5 Å². The maximum atomic E-state index is 12.9. The van der Waals surface area contributed by atoms with Crippen molar-refractivity contribution in [3.05, 3.63) is 65.0 Å². The zero-order valence-corrected chi connectivity index (χ0v) is 13.9. The van der Waals surface area contributed by atoms with Crippen LogP contribution in [0.2, 0.25) is 0 Å². The predicted octanol–water partition coefficient (Wildman–Crippen LogP) is 3.59. The van der Waals surface area contributed by atoms with Gasteiger partial charge in [0.25, 0.3) is 0 Å². The number of hydrogen-bond acceptors (Lipinski definition) is 3. The van der Waals surface area contributed by atoms with Crippen LogP contribution in [0.1, 0.15) is 34.8 Å². The van der Waals surface area contributed by atoms with E-state index in [1.165, 1.54) is 17.7 Å².